The van der Waals surface area contributed by atoms with E-state index in [2.05, 4.69) is 0 Å². The van der Waals surface area contributed by atoms with Crippen molar-refractivity contribution < 1.29 is 9.53 Å². The highest BCUT2D eigenvalue weighted by atomic mass is 16.5. The lowest BCUT2D eigenvalue weighted by molar-refractivity contribution is -0.118. The van der Waals surface area contributed by atoms with Crippen molar-refractivity contribution in [1.82, 2.24) is 0 Å². The molecule has 2 heteroatoms. The van der Waals surface area contributed by atoms with E-state index < -0.39 is 0 Å². The summed E-state index contributed by atoms with van der Waals surface area (Å²) in [4.78, 5) is 11.8. The fourth-order valence-electron chi connectivity index (χ4n) is 2.23. The van der Waals surface area contributed by atoms with E-state index in [0.717, 1.165) is 25.9 Å². The minimum absolute atomic E-state index is 0.157. The van der Waals surface area contributed by atoms with Crippen molar-refractivity contribution in [1.29, 1.82) is 0 Å². The van der Waals surface area contributed by atoms with Crippen LogP contribution in [0.1, 0.15) is 38.5 Å². The molecule has 0 aromatic rings. The van der Waals surface area contributed by atoms with Gasteiger partial charge in [-0.05, 0) is 38.2 Å². The highest BCUT2D eigenvalue weighted by Crippen LogP contribution is 2.24. The number of hydrogen-bond acceptors (Lipinski definition) is 2. The molecule has 0 aromatic carbocycles. The second kappa shape index (κ2) is 4.74. The Balaban J connectivity index is 1.90. The quantitative estimate of drug-likeness (QED) is 0.631. The molecule has 0 amide bonds. The molecule has 78 valence electrons. The molecular formula is C12H18O2. The number of rotatable bonds is 2. The van der Waals surface area contributed by atoms with Crippen LogP contribution in [-0.2, 0) is 9.53 Å². The molecule has 0 aromatic heterocycles. The first-order valence-corrected chi connectivity index (χ1v) is 5.67. The molecule has 0 radical (unpaired) electrons. The lowest BCUT2D eigenvalue weighted by Gasteiger charge is -2.13. The predicted molar refractivity (Wildman–Crippen MR) is 55.1 cm³/mol. The molecule has 1 aliphatic heterocycles. The summed E-state index contributed by atoms with van der Waals surface area (Å²) in [6.45, 7) is 1.40. The van der Waals surface area contributed by atoms with Gasteiger partial charge in [0.05, 0.1) is 6.61 Å². The maximum absolute atomic E-state index is 11.8. The zero-order valence-corrected chi connectivity index (χ0v) is 8.63. The van der Waals surface area contributed by atoms with Crippen molar-refractivity contribution >= 4 is 5.78 Å². The van der Waals surface area contributed by atoms with E-state index in [1.54, 1.807) is 0 Å². The first kappa shape index (κ1) is 9.91. The minimum atomic E-state index is 0.157. The van der Waals surface area contributed by atoms with Gasteiger partial charge in [-0.25, -0.2) is 0 Å². The second-order valence-electron chi connectivity index (χ2n) is 4.33. The van der Waals surface area contributed by atoms with E-state index in [4.69, 9.17) is 4.74 Å². The monoisotopic (exact) mass is 194 g/mol. The van der Waals surface area contributed by atoms with Crippen LogP contribution in [0.25, 0.3) is 0 Å². The normalized spacial score (nSPS) is 27.7. The lowest BCUT2D eigenvalue weighted by atomic mass is 9.92. The van der Waals surface area contributed by atoms with Crippen LogP contribution in [0.5, 0.6) is 0 Å². The summed E-state index contributed by atoms with van der Waals surface area (Å²) in [5, 5.41) is 0. The van der Waals surface area contributed by atoms with Crippen molar-refractivity contribution in [2.24, 2.45) is 5.92 Å². The Morgan fingerprint density at radius 1 is 1.29 bits per heavy atom. The molecule has 0 bridgehead atoms. The molecular weight excluding hydrogens is 176 g/mol. The smallest absolute Gasteiger partial charge is 0.161 e. The number of carbonyl (C=O) groups excluding carboxylic acids is 1. The predicted octanol–water partition coefficient (Wildman–Crippen LogP) is 2.48. The van der Waals surface area contributed by atoms with Crippen molar-refractivity contribution in [3.63, 3.8) is 0 Å². The van der Waals surface area contributed by atoms with E-state index in [1.807, 2.05) is 6.08 Å². The molecule has 2 aliphatic rings. The van der Waals surface area contributed by atoms with Gasteiger partial charge in [0, 0.05) is 12.5 Å². The number of carbonyl (C=O) groups is 1. The van der Waals surface area contributed by atoms with Crippen LogP contribution in [0.4, 0.5) is 0 Å². The number of ketones is 1. The second-order valence-corrected chi connectivity index (χ2v) is 4.33. The molecule has 2 rings (SSSR count). The first-order chi connectivity index (χ1) is 6.86. The highest BCUT2D eigenvalue weighted by Gasteiger charge is 2.22. The maximum Gasteiger partial charge on any atom is 0.161 e. The number of allylic oxidation sites excluding steroid dienone is 2. The minimum Gasteiger partial charge on any atom is -0.381 e. The standard InChI is InChI=1S/C12H18O2/c13-12(11-6-7-14-9-11)8-10-4-2-1-3-5-10/h8,11H,1-7,9H2. The largest absolute Gasteiger partial charge is 0.381 e. The van der Waals surface area contributed by atoms with Gasteiger partial charge in [0.2, 0.25) is 0 Å². The first-order valence-electron chi connectivity index (χ1n) is 5.67. The van der Waals surface area contributed by atoms with Gasteiger partial charge in [-0.1, -0.05) is 12.0 Å². The van der Waals surface area contributed by atoms with E-state index in [1.165, 1.54) is 24.8 Å². The van der Waals surface area contributed by atoms with Gasteiger partial charge >= 0.3 is 0 Å². The SMILES string of the molecule is O=C(C=C1CCCCC1)C1CCOC1. The zero-order valence-electron chi connectivity index (χ0n) is 8.63. The van der Waals surface area contributed by atoms with Gasteiger partial charge in [-0.15, -0.1) is 0 Å². The molecule has 1 heterocycles. The Morgan fingerprint density at radius 3 is 2.71 bits per heavy atom. The average Bonchev–Trinajstić information content (AvgIpc) is 2.72. The summed E-state index contributed by atoms with van der Waals surface area (Å²) in [5.74, 6) is 0.462. The Morgan fingerprint density at radius 2 is 2.07 bits per heavy atom. The third kappa shape index (κ3) is 2.44. The van der Waals surface area contributed by atoms with Crippen LogP contribution >= 0.6 is 0 Å². The maximum atomic E-state index is 11.8. The van der Waals surface area contributed by atoms with Gasteiger partial charge in [0.15, 0.2) is 5.78 Å². The summed E-state index contributed by atoms with van der Waals surface area (Å²) in [6.07, 6.45) is 8.96. The van der Waals surface area contributed by atoms with Crippen LogP contribution < -0.4 is 0 Å². The molecule has 14 heavy (non-hydrogen) atoms. The van der Waals surface area contributed by atoms with E-state index in [0.29, 0.717) is 12.4 Å². The fourth-order valence-corrected chi connectivity index (χ4v) is 2.23. The highest BCUT2D eigenvalue weighted by molar-refractivity contribution is 5.92. The fraction of sp³-hybridized carbons (Fsp3) is 0.750. The Labute approximate surface area is 85.3 Å². The van der Waals surface area contributed by atoms with Crippen molar-refractivity contribution in [3.8, 4) is 0 Å². The van der Waals surface area contributed by atoms with Crippen LogP contribution in [0, 0.1) is 5.92 Å². The van der Waals surface area contributed by atoms with Crippen molar-refractivity contribution in [3.05, 3.63) is 11.6 Å². The number of hydrogen-bond donors (Lipinski definition) is 0. The van der Waals surface area contributed by atoms with E-state index in [9.17, 15) is 4.79 Å². The van der Waals surface area contributed by atoms with Crippen LogP contribution in [0.3, 0.4) is 0 Å². The summed E-state index contributed by atoms with van der Waals surface area (Å²) in [5.41, 5.74) is 1.37. The molecule has 0 N–H and O–H groups in total. The van der Waals surface area contributed by atoms with Crippen LogP contribution in [0.15, 0.2) is 11.6 Å². The van der Waals surface area contributed by atoms with E-state index in [-0.39, 0.29) is 5.92 Å². The van der Waals surface area contributed by atoms with Crippen LogP contribution in [0.2, 0.25) is 0 Å². The topological polar surface area (TPSA) is 26.3 Å². The molecule has 1 aliphatic carbocycles. The van der Waals surface area contributed by atoms with Gasteiger partial charge in [-0.3, -0.25) is 4.79 Å². The third-order valence-electron chi connectivity index (χ3n) is 3.17. The molecule has 2 fully saturated rings. The molecule has 0 spiro atoms. The summed E-state index contributed by atoms with van der Waals surface area (Å²) < 4.78 is 5.22. The Kier molecular flexibility index (Phi) is 3.35. The Bertz CT molecular complexity index is 229. The van der Waals surface area contributed by atoms with Gasteiger partial charge in [0.25, 0.3) is 0 Å². The van der Waals surface area contributed by atoms with Gasteiger partial charge in [-0.2, -0.15) is 0 Å². The Hall–Kier alpha value is -0.630. The van der Waals surface area contributed by atoms with Crippen molar-refractivity contribution in [2.75, 3.05) is 13.2 Å². The lowest BCUT2D eigenvalue weighted by Crippen LogP contribution is -2.12. The average molecular weight is 194 g/mol. The zero-order chi connectivity index (χ0) is 9.80. The van der Waals surface area contributed by atoms with E-state index >= 15 is 0 Å². The van der Waals surface area contributed by atoms with Crippen LogP contribution in [-0.4, -0.2) is 19.0 Å². The molecule has 1 saturated carbocycles. The third-order valence-corrected chi connectivity index (χ3v) is 3.17. The number of ether oxygens (including phenoxy) is 1. The summed E-state index contributed by atoms with van der Waals surface area (Å²) in [6, 6.07) is 0. The molecule has 1 atom stereocenters. The summed E-state index contributed by atoms with van der Waals surface area (Å²) >= 11 is 0. The van der Waals surface area contributed by atoms with Gasteiger partial charge < -0.3 is 4.74 Å². The van der Waals surface area contributed by atoms with Gasteiger partial charge in [0.1, 0.15) is 0 Å². The van der Waals surface area contributed by atoms with Crippen molar-refractivity contribution in [2.45, 2.75) is 38.5 Å². The molecule has 2 nitrogen and oxygen atoms in total. The summed E-state index contributed by atoms with van der Waals surface area (Å²) in [7, 11) is 0. The molecule has 1 saturated heterocycles. The molecule has 1 unspecified atom stereocenters.